The topological polar surface area (TPSA) is 89.0 Å². The fourth-order valence-corrected chi connectivity index (χ4v) is 1.62. The molecule has 0 radical (unpaired) electrons. The molecule has 0 saturated carbocycles. The zero-order chi connectivity index (χ0) is 13.8. The summed E-state index contributed by atoms with van der Waals surface area (Å²) in [5.74, 6) is 0.551. The fraction of sp³-hybridized carbons (Fsp3) is 0. The normalized spacial score (nSPS) is 9.68. The van der Waals surface area contributed by atoms with E-state index in [9.17, 15) is 10.1 Å². The molecule has 0 aliphatic carbocycles. The van der Waals surface area contributed by atoms with E-state index in [0.717, 1.165) is 0 Å². The summed E-state index contributed by atoms with van der Waals surface area (Å²) in [5, 5.41) is 19.4. The van der Waals surface area contributed by atoms with Crippen LogP contribution in [0.15, 0.2) is 36.5 Å². The van der Waals surface area contributed by atoms with Crippen molar-refractivity contribution in [3.05, 3.63) is 57.4 Å². The Balaban J connectivity index is 2.32. The van der Waals surface area contributed by atoms with Gasteiger partial charge in [-0.2, -0.15) is 5.26 Å². The third-order valence-electron chi connectivity index (χ3n) is 2.22. The minimum Gasteiger partial charge on any atom is -0.454 e. The summed E-state index contributed by atoms with van der Waals surface area (Å²) in [5.41, 5.74) is -0.0855. The van der Waals surface area contributed by atoms with Crippen molar-refractivity contribution in [2.24, 2.45) is 0 Å². The number of halogens is 1. The summed E-state index contributed by atoms with van der Waals surface area (Å²) in [6.07, 6.45) is 1.47. The molecule has 1 aromatic carbocycles. The number of benzene rings is 1. The third-order valence-corrected chi connectivity index (χ3v) is 2.52. The zero-order valence-corrected chi connectivity index (χ0v) is 10.2. The maximum atomic E-state index is 10.6. The second kappa shape index (κ2) is 5.33. The number of rotatable bonds is 3. The van der Waals surface area contributed by atoms with Crippen molar-refractivity contribution >= 4 is 17.3 Å². The number of nitro benzene ring substituents is 1. The first-order valence-corrected chi connectivity index (χ1v) is 5.46. The van der Waals surface area contributed by atoms with E-state index in [1.54, 1.807) is 12.1 Å². The molecule has 0 aliphatic heterocycles. The van der Waals surface area contributed by atoms with E-state index >= 15 is 0 Å². The molecular formula is C12H6ClN3O3. The summed E-state index contributed by atoms with van der Waals surface area (Å²) in [7, 11) is 0. The van der Waals surface area contributed by atoms with Crippen LogP contribution in [0, 0.1) is 21.4 Å². The first kappa shape index (κ1) is 12.8. The summed E-state index contributed by atoms with van der Waals surface area (Å²) < 4.78 is 5.42. The van der Waals surface area contributed by atoms with E-state index in [-0.39, 0.29) is 22.2 Å². The molecule has 0 aliphatic rings. The molecule has 2 aromatic rings. The highest BCUT2D eigenvalue weighted by Crippen LogP contribution is 2.31. The van der Waals surface area contributed by atoms with Gasteiger partial charge in [-0.05, 0) is 18.2 Å². The Labute approximate surface area is 113 Å². The number of hydrogen-bond donors (Lipinski definition) is 0. The smallest absolute Gasteiger partial charge is 0.288 e. The van der Waals surface area contributed by atoms with Gasteiger partial charge in [0.2, 0.25) is 0 Å². The van der Waals surface area contributed by atoms with E-state index in [1.807, 2.05) is 6.07 Å². The number of hydrogen-bond acceptors (Lipinski definition) is 5. The molecule has 1 aromatic heterocycles. The maximum absolute atomic E-state index is 10.6. The molecule has 0 N–H and O–H groups in total. The number of nitro groups is 1. The molecule has 0 bridgehead atoms. The van der Waals surface area contributed by atoms with E-state index in [4.69, 9.17) is 21.6 Å². The van der Waals surface area contributed by atoms with Crippen molar-refractivity contribution in [1.82, 2.24) is 4.98 Å². The first-order valence-electron chi connectivity index (χ1n) is 5.08. The highest BCUT2D eigenvalue weighted by Gasteiger charge is 2.13. The minimum atomic E-state index is -0.586. The Morgan fingerprint density at radius 1 is 1.42 bits per heavy atom. The number of pyridine rings is 1. The highest BCUT2D eigenvalue weighted by molar-refractivity contribution is 6.32. The molecule has 7 heteroatoms. The Hall–Kier alpha value is -2.65. The Bertz CT molecular complexity index is 682. The van der Waals surface area contributed by atoms with Gasteiger partial charge >= 0.3 is 0 Å². The molecular weight excluding hydrogens is 270 g/mol. The number of nitriles is 1. The standard InChI is InChI=1S/C12H6ClN3O3/c13-9-6-8(3-4-11(9)16(17)18)19-12-2-1-5-15-10(12)7-14/h1-6H. The van der Waals surface area contributed by atoms with E-state index < -0.39 is 4.92 Å². The van der Waals surface area contributed by atoms with Crippen LogP contribution in [0.5, 0.6) is 11.5 Å². The summed E-state index contributed by atoms with van der Waals surface area (Å²) in [4.78, 5) is 13.9. The molecule has 0 atom stereocenters. The predicted molar refractivity (Wildman–Crippen MR) is 67.1 cm³/mol. The van der Waals surface area contributed by atoms with Crippen molar-refractivity contribution in [3.8, 4) is 17.6 Å². The van der Waals surface area contributed by atoms with Crippen LogP contribution in [-0.4, -0.2) is 9.91 Å². The molecule has 1 heterocycles. The highest BCUT2D eigenvalue weighted by atomic mass is 35.5. The second-order valence-corrected chi connectivity index (χ2v) is 3.84. The van der Waals surface area contributed by atoms with Crippen molar-refractivity contribution in [2.75, 3.05) is 0 Å². The van der Waals surface area contributed by atoms with Gasteiger partial charge in [-0.3, -0.25) is 10.1 Å². The average molecular weight is 276 g/mol. The number of ether oxygens (including phenoxy) is 1. The fourth-order valence-electron chi connectivity index (χ4n) is 1.38. The van der Waals surface area contributed by atoms with Crippen molar-refractivity contribution in [2.45, 2.75) is 0 Å². The lowest BCUT2D eigenvalue weighted by atomic mass is 10.3. The predicted octanol–water partition coefficient (Wildman–Crippen LogP) is 3.31. The third kappa shape index (κ3) is 2.78. The van der Waals surface area contributed by atoms with Crippen LogP contribution in [0.25, 0.3) is 0 Å². The van der Waals surface area contributed by atoms with Gasteiger partial charge in [0.25, 0.3) is 5.69 Å². The van der Waals surface area contributed by atoms with Crippen LogP contribution >= 0.6 is 11.6 Å². The van der Waals surface area contributed by atoms with Gasteiger partial charge < -0.3 is 4.74 Å². The lowest BCUT2D eigenvalue weighted by Crippen LogP contribution is -1.92. The Morgan fingerprint density at radius 2 is 2.21 bits per heavy atom. The molecule has 19 heavy (non-hydrogen) atoms. The van der Waals surface area contributed by atoms with Gasteiger partial charge in [-0.25, -0.2) is 4.98 Å². The summed E-state index contributed by atoms with van der Waals surface area (Å²) >= 11 is 5.76. The Kier molecular flexibility index (Phi) is 3.59. The summed E-state index contributed by atoms with van der Waals surface area (Å²) in [6, 6.07) is 9.02. The van der Waals surface area contributed by atoms with Crippen LogP contribution < -0.4 is 4.74 Å². The lowest BCUT2D eigenvalue weighted by molar-refractivity contribution is -0.384. The number of nitrogens with zero attached hydrogens (tertiary/aromatic N) is 3. The van der Waals surface area contributed by atoms with Gasteiger partial charge in [0.1, 0.15) is 16.8 Å². The monoisotopic (exact) mass is 275 g/mol. The average Bonchev–Trinajstić information content (AvgIpc) is 2.39. The summed E-state index contributed by atoms with van der Waals surface area (Å²) in [6.45, 7) is 0. The molecule has 6 nitrogen and oxygen atoms in total. The zero-order valence-electron chi connectivity index (χ0n) is 9.41. The molecule has 2 rings (SSSR count). The van der Waals surface area contributed by atoms with Gasteiger partial charge in [-0.15, -0.1) is 0 Å². The van der Waals surface area contributed by atoms with Crippen LogP contribution in [0.3, 0.4) is 0 Å². The second-order valence-electron chi connectivity index (χ2n) is 3.43. The molecule has 0 spiro atoms. The molecule has 0 unspecified atom stereocenters. The SMILES string of the molecule is N#Cc1ncccc1Oc1ccc([N+](=O)[O-])c(Cl)c1. The van der Waals surface area contributed by atoms with Gasteiger partial charge in [-0.1, -0.05) is 11.6 Å². The Morgan fingerprint density at radius 3 is 2.84 bits per heavy atom. The minimum absolute atomic E-state index is 0.0371. The van der Waals surface area contributed by atoms with Crippen molar-refractivity contribution in [3.63, 3.8) is 0 Å². The number of aromatic nitrogens is 1. The van der Waals surface area contributed by atoms with Gasteiger partial charge in [0.15, 0.2) is 11.4 Å². The molecule has 0 fully saturated rings. The lowest BCUT2D eigenvalue weighted by Gasteiger charge is -2.06. The largest absolute Gasteiger partial charge is 0.454 e. The van der Waals surface area contributed by atoms with E-state index in [0.29, 0.717) is 5.75 Å². The first-order chi connectivity index (χ1) is 9.11. The van der Waals surface area contributed by atoms with Gasteiger partial charge in [0.05, 0.1) is 4.92 Å². The maximum Gasteiger partial charge on any atom is 0.288 e. The quantitative estimate of drug-likeness (QED) is 0.633. The van der Waals surface area contributed by atoms with Crippen LogP contribution in [0.4, 0.5) is 5.69 Å². The van der Waals surface area contributed by atoms with Gasteiger partial charge in [0, 0.05) is 18.3 Å². The van der Waals surface area contributed by atoms with Crippen LogP contribution in [0.2, 0.25) is 5.02 Å². The van der Waals surface area contributed by atoms with Crippen LogP contribution in [-0.2, 0) is 0 Å². The van der Waals surface area contributed by atoms with Crippen molar-refractivity contribution < 1.29 is 9.66 Å². The van der Waals surface area contributed by atoms with E-state index in [1.165, 1.54) is 24.4 Å². The molecule has 0 amide bonds. The van der Waals surface area contributed by atoms with Crippen molar-refractivity contribution in [1.29, 1.82) is 5.26 Å². The van der Waals surface area contributed by atoms with E-state index in [2.05, 4.69) is 4.98 Å². The molecule has 0 saturated heterocycles. The molecule has 94 valence electrons. The van der Waals surface area contributed by atoms with Crippen LogP contribution in [0.1, 0.15) is 5.69 Å².